The van der Waals surface area contributed by atoms with Crippen LogP contribution in [-0.2, 0) is 16.6 Å². The average Bonchev–Trinajstić information content (AvgIpc) is 2.80. The van der Waals surface area contributed by atoms with Crippen molar-refractivity contribution in [3.05, 3.63) is 12.0 Å². The van der Waals surface area contributed by atoms with E-state index in [4.69, 9.17) is 0 Å². The third kappa shape index (κ3) is 3.59. The number of hydrogen-bond donors (Lipinski definition) is 2. The highest BCUT2D eigenvalue weighted by atomic mass is 32.2. The van der Waals surface area contributed by atoms with E-state index in [9.17, 15) is 8.42 Å². The van der Waals surface area contributed by atoms with E-state index in [1.807, 2.05) is 18.4 Å². The summed E-state index contributed by atoms with van der Waals surface area (Å²) < 4.78 is 28.9. The Morgan fingerprint density at radius 1 is 1.50 bits per heavy atom. The lowest BCUT2D eigenvalue weighted by atomic mass is 9.96. The minimum atomic E-state index is -3.49. The Morgan fingerprint density at radius 3 is 2.80 bits per heavy atom. The number of sulfonamides is 1. The standard InChI is InChI=1S/C13H24N4O2S/c1-4-17-9-13(16-11(17)3)20(18,19)15-8-12-6-5-10(2)14-7-12/h9-10,12,14-15H,4-8H2,1-3H3. The van der Waals surface area contributed by atoms with Gasteiger partial charge in [0.25, 0.3) is 10.0 Å². The van der Waals surface area contributed by atoms with E-state index >= 15 is 0 Å². The number of aromatic nitrogens is 2. The summed E-state index contributed by atoms with van der Waals surface area (Å²) in [4.78, 5) is 4.13. The third-order valence-corrected chi connectivity index (χ3v) is 5.19. The van der Waals surface area contributed by atoms with Crippen LogP contribution < -0.4 is 10.0 Å². The number of aryl methyl sites for hydroxylation is 2. The summed E-state index contributed by atoms with van der Waals surface area (Å²) in [6.45, 7) is 7.99. The van der Waals surface area contributed by atoms with Crippen molar-refractivity contribution in [1.82, 2.24) is 19.6 Å². The van der Waals surface area contributed by atoms with Crippen LogP contribution in [0.25, 0.3) is 0 Å². The van der Waals surface area contributed by atoms with Crippen molar-refractivity contribution >= 4 is 10.0 Å². The minimum Gasteiger partial charge on any atom is -0.334 e. The molecule has 114 valence electrons. The Hall–Kier alpha value is -0.920. The van der Waals surface area contributed by atoms with Crippen LogP contribution in [0.3, 0.4) is 0 Å². The lowest BCUT2D eigenvalue weighted by molar-refractivity contribution is 0.323. The lowest BCUT2D eigenvalue weighted by Crippen LogP contribution is -2.42. The molecular formula is C13H24N4O2S. The predicted molar refractivity (Wildman–Crippen MR) is 78.0 cm³/mol. The van der Waals surface area contributed by atoms with Crippen LogP contribution in [0, 0.1) is 12.8 Å². The average molecular weight is 300 g/mol. The highest BCUT2D eigenvalue weighted by Gasteiger charge is 2.22. The number of imidazole rings is 1. The Bertz CT molecular complexity index is 545. The molecule has 2 unspecified atom stereocenters. The summed E-state index contributed by atoms with van der Waals surface area (Å²) in [6, 6.07) is 0.533. The molecule has 6 nitrogen and oxygen atoms in total. The second kappa shape index (κ2) is 6.24. The summed E-state index contributed by atoms with van der Waals surface area (Å²) in [6.07, 6.45) is 3.74. The predicted octanol–water partition coefficient (Wildman–Crippen LogP) is 0.878. The fourth-order valence-corrected chi connectivity index (χ4v) is 3.58. The quantitative estimate of drug-likeness (QED) is 0.846. The molecule has 0 radical (unpaired) electrons. The molecule has 0 aliphatic carbocycles. The van der Waals surface area contributed by atoms with Crippen LogP contribution in [0.4, 0.5) is 0 Å². The monoisotopic (exact) mass is 300 g/mol. The number of nitrogens with one attached hydrogen (secondary N) is 2. The SMILES string of the molecule is CCn1cc(S(=O)(=O)NCC2CCC(C)NC2)nc1C. The van der Waals surface area contributed by atoms with Crippen molar-refractivity contribution in [2.75, 3.05) is 13.1 Å². The first-order chi connectivity index (χ1) is 9.42. The van der Waals surface area contributed by atoms with Gasteiger partial charge in [-0.25, -0.2) is 18.1 Å². The van der Waals surface area contributed by atoms with Crippen molar-refractivity contribution in [2.24, 2.45) is 5.92 Å². The van der Waals surface area contributed by atoms with Crippen LogP contribution in [0.1, 0.15) is 32.5 Å². The first kappa shape index (κ1) is 15.5. The molecule has 20 heavy (non-hydrogen) atoms. The second-order valence-corrected chi connectivity index (χ2v) is 7.23. The zero-order chi connectivity index (χ0) is 14.8. The number of rotatable bonds is 5. The van der Waals surface area contributed by atoms with Crippen molar-refractivity contribution in [3.8, 4) is 0 Å². The molecule has 2 atom stereocenters. The van der Waals surface area contributed by atoms with E-state index in [1.54, 1.807) is 6.20 Å². The topological polar surface area (TPSA) is 76.0 Å². The summed E-state index contributed by atoms with van der Waals surface area (Å²) >= 11 is 0. The van der Waals surface area contributed by atoms with Gasteiger partial charge in [0.05, 0.1) is 0 Å². The molecule has 0 aromatic carbocycles. The molecule has 1 fully saturated rings. The van der Waals surface area contributed by atoms with Crippen LogP contribution in [0.5, 0.6) is 0 Å². The fraction of sp³-hybridized carbons (Fsp3) is 0.769. The molecule has 0 bridgehead atoms. The molecule has 1 aliphatic rings. The largest absolute Gasteiger partial charge is 0.334 e. The van der Waals surface area contributed by atoms with E-state index in [-0.39, 0.29) is 5.03 Å². The Kier molecular flexibility index (Phi) is 4.82. The van der Waals surface area contributed by atoms with Gasteiger partial charge in [0.2, 0.25) is 0 Å². The minimum absolute atomic E-state index is 0.119. The fourth-order valence-electron chi connectivity index (χ4n) is 2.46. The number of piperidine rings is 1. The van der Waals surface area contributed by atoms with Crippen LogP contribution in [-0.4, -0.2) is 37.1 Å². The first-order valence-corrected chi connectivity index (χ1v) is 8.67. The maximum Gasteiger partial charge on any atom is 0.259 e. The van der Waals surface area contributed by atoms with Gasteiger partial charge in [-0.05, 0) is 46.1 Å². The molecule has 1 aromatic rings. The molecule has 0 amide bonds. The molecular weight excluding hydrogens is 276 g/mol. The van der Waals surface area contributed by atoms with E-state index in [0.717, 1.165) is 31.8 Å². The van der Waals surface area contributed by atoms with E-state index < -0.39 is 10.0 Å². The van der Waals surface area contributed by atoms with Gasteiger partial charge in [-0.3, -0.25) is 0 Å². The van der Waals surface area contributed by atoms with Crippen LogP contribution in [0.15, 0.2) is 11.2 Å². The van der Waals surface area contributed by atoms with Crippen molar-refractivity contribution < 1.29 is 8.42 Å². The molecule has 1 aliphatic heterocycles. The maximum atomic E-state index is 12.2. The molecule has 7 heteroatoms. The summed E-state index contributed by atoms with van der Waals surface area (Å²) in [5.41, 5.74) is 0. The van der Waals surface area contributed by atoms with Gasteiger partial charge >= 0.3 is 0 Å². The Morgan fingerprint density at radius 2 is 2.25 bits per heavy atom. The van der Waals surface area contributed by atoms with Gasteiger partial charge in [0.1, 0.15) is 5.82 Å². The van der Waals surface area contributed by atoms with E-state index in [0.29, 0.717) is 18.5 Å². The number of hydrogen-bond acceptors (Lipinski definition) is 4. The van der Waals surface area contributed by atoms with Gasteiger partial charge in [0.15, 0.2) is 5.03 Å². The third-order valence-electron chi connectivity index (χ3n) is 3.89. The smallest absolute Gasteiger partial charge is 0.259 e. The Labute approximate surface area is 121 Å². The number of nitrogens with zero attached hydrogens (tertiary/aromatic N) is 2. The summed E-state index contributed by atoms with van der Waals surface area (Å²) in [5, 5.41) is 3.50. The van der Waals surface area contributed by atoms with Crippen molar-refractivity contribution in [2.45, 2.75) is 51.2 Å². The van der Waals surface area contributed by atoms with Crippen LogP contribution >= 0.6 is 0 Å². The highest BCUT2D eigenvalue weighted by Crippen LogP contribution is 2.15. The Balaban J connectivity index is 1.96. The zero-order valence-electron chi connectivity index (χ0n) is 12.4. The van der Waals surface area contributed by atoms with Crippen molar-refractivity contribution in [3.63, 3.8) is 0 Å². The van der Waals surface area contributed by atoms with Gasteiger partial charge in [-0.2, -0.15) is 0 Å². The van der Waals surface area contributed by atoms with Gasteiger partial charge in [0, 0.05) is 25.3 Å². The summed E-state index contributed by atoms with van der Waals surface area (Å²) in [7, 11) is -3.49. The first-order valence-electron chi connectivity index (χ1n) is 7.19. The van der Waals surface area contributed by atoms with Crippen LogP contribution in [0.2, 0.25) is 0 Å². The summed E-state index contributed by atoms with van der Waals surface area (Å²) in [5.74, 6) is 1.08. The van der Waals surface area contributed by atoms with Crippen molar-refractivity contribution in [1.29, 1.82) is 0 Å². The molecule has 2 heterocycles. The van der Waals surface area contributed by atoms with Gasteiger partial charge < -0.3 is 9.88 Å². The molecule has 0 saturated carbocycles. The maximum absolute atomic E-state index is 12.2. The van der Waals surface area contributed by atoms with Gasteiger partial charge in [-0.1, -0.05) is 0 Å². The molecule has 2 rings (SSSR count). The highest BCUT2D eigenvalue weighted by molar-refractivity contribution is 7.89. The second-order valence-electron chi connectivity index (χ2n) is 5.52. The molecule has 2 N–H and O–H groups in total. The van der Waals surface area contributed by atoms with Gasteiger partial charge in [-0.15, -0.1) is 0 Å². The lowest BCUT2D eigenvalue weighted by Gasteiger charge is -2.27. The zero-order valence-corrected chi connectivity index (χ0v) is 13.2. The molecule has 1 saturated heterocycles. The van der Waals surface area contributed by atoms with E-state index in [2.05, 4.69) is 21.9 Å². The molecule has 0 spiro atoms. The van der Waals surface area contributed by atoms with E-state index in [1.165, 1.54) is 0 Å². The normalized spacial score (nSPS) is 23.9. The molecule has 1 aromatic heterocycles.